The van der Waals surface area contributed by atoms with Gasteiger partial charge in [-0.1, -0.05) is 26.0 Å². The highest BCUT2D eigenvalue weighted by Gasteiger charge is 2.63. The second kappa shape index (κ2) is 16.9. The molecule has 3 fully saturated rings. The number of sulfonamides is 1. The molecule has 4 N–H and O–H groups in total. The average Bonchev–Trinajstić information content (AvgIpc) is 4.08. The Morgan fingerprint density at radius 2 is 1.65 bits per heavy atom. The summed E-state index contributed by atoms with van der Waals surface area (Å²) < 4.78 is 40.1. The molecule has 2 aliphatic heterocycles. The van der Waals surface area contributed by atoms with Gasteiger partial charge in [0.2, 0.25) is 21.8 Å². The van der Waals surface area contributed by atoms with Gasteiger partial charge in [-0.15, -0.1) is 0 Å². The van der Waals surface area contributed by atoms with E-state index >= 15 is 0 Å². The number of carboxylic acid groups (broad SMARTS) is 1. The maximum atomic E-state index is 14.6. The highest BCUT2D eigenvalue weighted by Crippen LogP contribution is 2.47. The fourth-order valence-corrected chi connectivity index (χ4v) is 9.60. The Balaban J connectivity index is 1.23. The van der Waals surface area contributed by atoms with Crippen LogP contribution in [0.25, 0.3) is 22.5 Å². The highest BCUT2D eigenvalue weighted by molar-refractivity contribution is 7.91. The number of fused-ring (bicyclic) bond motifs is 2. The maximum absolute atomic E-state index is 14.6. The molecular weight excluding hydrogens is 789 g/mol. The van der Waals surface area contributed by atoms with Gasteiger partial charge >= 0.3 is 6.09 Å². The zero-order valence-electron chi connectivity index (χ0n) is 34.6. The number of carbonyl (C=O) groups is 4. The lowest BCUT2D eigenvalue weighted by atomic mass is 9.88. The summed E-state index contributed by atoms with van der Waals surface area (Å²) in [5, 5.41) is 15.2. The van der Waals surface area contributed by atoms with Gasteiger partial charge in [-0.25, -0.2) is 18.2 Å². The van der Waals surface area contributed by atoms with Gasteiger partial charge in [-0.2, -0.15) is 0 Å². The molecule has 60 heavy (non-hydrogen) atoms. The Hall–Kier alpha value is -5.51. The van der Waals surface area contributed by atoms with Gasteiger partial charge in [0.05, 0.1) is 28.8 Å². The molecule has 2 saturated carbocycles. The van der Waals surface area contributed by atoms with E-state index in [2.05, 4.69) is 20.3 Å². The van der Waals surface area contributed by atoms with E-state index in [1.165, 1.54) is 4.90 Å². The lowest BCUT2D eigenvalue weighted by Gasteiger charge is -2.32. The monoisotopic (exact) mass is 842 g/mol. The van der Waals surface area contributed by atoms with Crippen LogP contribution < -0.4 is 24.8 Å². The lowest BCUT2D eigenvalue weighted by molar-refractivity contribution is -0.142. The van der Waals surface area contributed by atoms with Gasteiger partial charge in [0.25, 0.3) is 5.91 Å². The van der Waals surface area contributed by atoms with E-state index in [-0.39, 0.29) is 31.4 Å². The minimum atomic E-state index is -4.02. The van der Waals surface area contributed by atoms with E-state index in [0.717, 1.165) is 17.5 Å². The first-order valence-corrected chi connectivity index (χ1v) is 22.2. The molecule has 4 heterocycles. The minimum Gasteiger partial charge on any atom is -0.491 e. The first kappa shape index (κ1) is 42.6. The number of allylic oxidation sites excluding steroid dienone is 1. The normalized spacial score (nSPS) is 28.2. The standard InChI is InChI=1S/C44H54N6O9S/c1-26(2)58-32-12-10-29(11-13-32)35-21-33(22-36(46-35)30-14-18-45-19-15-30)59-34-23-37-39(51)48-44(41(53)49-60(56,57)43(5)16-17-43)24-31(44)9-7-6-8-27(3)20-28(4)38(47-42(54)55)40(52)50(37)25-34/h7,9-15,18-19,21-22,26-28,31,34,37-38,47H,6,8,16-17,20,23-25H2,1-5H3,(H,48,51)(H,49,53)(H,54,55)/b9-7-/t27-,28-,31-,34-,37+,38+,44-/m1/s1. The first-order chi connectivity index (χ1) is 28.5. The van der Waals surface area contributed by atoms with Crippen molar-refractivity contribution in [2.45, 2.75) is 114 Å². The highest BCUT2D eigenvalue weighted by atomic mass is 32.2. The van der Waals surface area contributed by atoms with Crippen molar-refractivity contribution in [3.8, 4) is 34.0 Å². The predicted molar refractivity (Wildman–Crippen MR) is 223 cm³/mol. The minimum absolute atomic E-state index is 0.000206. The quantitative estimate of drug-likeness (QED) is 0.188. The topological polar surface area (TPSA) is 206 Å². The predicted octanol–water partition coefficient (Wildman–Crippen LogP) is 5.47. The fourth-order valence-electron chi connectivity index (χ4n) is 8.29. The summed E-state index contributed by atoms with van der Waals surface area (Å²) in [7, 11) is -4.02. The zero-order chi connectivity index (χ0) is 43.0. The number of carbonyl (C=O) groups excluding carboxylic acids is 3. The van der Waals surface area contributed by atoms with E-state index in [1.54, 1.807) is 31.5 Å². The Morgan fingerprint density at radius 3 is 2.28 bits per heavy atom. The first-order valence-electron chi connectivity index (χ1n) is 20.7. The number of nitrogens with zero attached hydrogens (tertiary/aromatic N) is 3. The molecule has 0 radical (unpaired) electrons. The Kier molecular flexibility index (Phi) is 12.0. The van der Waals surface area contributed by atoms with E-state index in [9.17, 15) is 32.7 Å². The Labute approximate surface area is 350 Å². The van der Waals surface area contributed by atoms with E-state index in [1.807, 2.05) is 76.2 Å². The number of pyridine rings is 2. The number of amides is 4. The third-order valence-electron chi connectivity index (χ3n) is 12.1. The zero-order valence-corrected chi connectivity index (χ0v) is 35.4. The number of hydrogen-bond donors (Lipinski definition) is 4. The van der Waals surface area contributed by atoms with Crippen LogP contribution in [0, 0.1) is 17.8 Å². The summed E-state index contributed by atoms with van der Waals surface area (Å²) in [6, 6.07) is 12.4. The second-order valence-electron chi connectivity index (χ2n) is 17.4. The van der Waals surface area contributed by atoms with Gasteiger partial charge in [0, 0.05) is 48.0 Å². The molecule has 15 nitrogen and oxygen atoms in total. The summed E-state index contributed by atoms with van der Waals surface area (Å²) in [6.07, 6.45) is 7.90. The molecule has 3 aromatic rings. The van der Waals surface area contributed by atoms with Crippen molar-refractivity contribution in [2.75, 3.05) is 6.54 Å². The molecule has 2 aliphatic carbocycles. The molecule has 0 bridgehead atoms. The number of aromatic nitrogens is 2. The smallest absolute Gasteiger partial charge is 0.405 e. The SMILES string of the molecule is CC(C)Oc1ccc(-c2cc(O[C@@H]3C[C@H]4C(=O)N[C@]5(C(=O)NS(=O)(=O)C6(C)CC6)C[C@H]5/C=C\CC[C@@H](C)C[C@@H](C)[C@H](NC(=O)O)C(=O)N4C3)cc(-c3ccncc3)n2)cc1. The Bertz CT molecular complexity index is 2250. The van der Waals surface area contributed by atoms with Crippen molar-refractivity contribution in [1.29, 1.82) is 0 Å². The van der Waals surface area contributed by atoms with Crippen LogP contribution >= 0.6 is 0 Å². The third-order valence-corrected chi connectivity index (χ3v) is 14.3. The summed E-state index contributed by atoms with van der Waals surface area (Å²) in [4.78, 5) is 65.7. The van der Waals surface area contributed by atoms with Crippen LogP contribution in [0.5, 0.6) is 11.5 Å². The number of ether oxygens (including phenoxy) is 2. The van der Waals surface area contributed by atoms with Crippen LogP contribution in [-0.2, 0) is 24.4 Å². The van der Waals surface area contributed by atoms with Crippen LogP contribution in [-0.4, -0.2) is 93.3 Å². The molecule has 2 aromatic heterocycles. The summed E-state index contributed by atoms with van der Waals surface area (Å²) in [6.45, 7) is 9.26. The number of hydrogen-bond acceptors (Lipinski definition) is 10. The van der Waals surface area contributed by atoms with Crippen LogP contribution in [0.1, 0.15) is 79.6 Å². The third kappa shape index (κ3) is 9.28. The second-order valence-corrected chi connectivity index (χ2v) is 19.6. The van der Waals surface area contributed by atoms with Crippen LogP contribution in [0.4, 0.5) is 4.79 Å². The molecule has 16 heteroatoms. The largest absolute Gasteiger partial charge is 0.491 e. The van der Waals surface area contributed by atoms with E-state index in [4.69, 9.17) is 14.5 Å². The molecule has 4 aliphatic rings. The van der Waals surface area contributed by atoms with E-state index < -0.39 is 74.1 Å². The molecule has 7 atom stereocenters. The van der Waals surface area contributed by atoms with Gasteiger partial charge in [0.1, 0.15) is 35.2 Å². The molecule has 4 amide bonds. The van der Waals surface area contributed by atoms with Gasteiger partial charge in [-0.3, -0.25) is 24.1 Å². The van der Waals surface area contributed by atoms with Gasteiger partial charge < -0.3 is 30.1 Å². The summed E-state index contributed by atoms with van der Waals surface area (Å²) in [5.41, 5.74) is 1.21. The van der Waals surface area contributed by atoms with Gasteiger partial charge in [0.15, 0.2) is 0 Å². The number of rotatable bonds is 10. The summed E-state index contributed by atoms with van der Waals surface area (Å²) in [5.74, 6) is -1.76. The van der Waals surface area contributed by atoms with Crippen molar-refractivity contribution < 1.29 is 42.2 Å². The molecule has 0 unspecified atom stereocenters. The van der Waals surface area contributed by atoms with Crippen LogP contribution in [0.2, 0.25) is 0 Å². The van der Waals surface area contributed by atoms with Crippen molar-refractivity contribution in [3.63, 3.8) is 0 Å². The molecule has 1 aromatic carbocycles. The maximum Gasteiger partial charge on any atom is 0.405 e. The fraction of sp³-hybridized carbons (Fsp3) is 0.500. The molecular formula is C44H54N6O9S. The lowest BCUT2D eigenvalue weighted by Crippen LogP contribution is -2.59. The van der Waals surface area contributed by atoms with E-state index in [0.29, 0.717) is 48.6 Å². The van der Waals surface area contributed by atoms with Crippen LogP contribution in [0.15, 0.2) is 73.1 Å². The number of nitrogens with one attached hydrogen (secondary N) is 3. The number of benzene rings is 1. The molecule has 1 saturated heterocycles. The van der Waals surface area contributed by atoms with Crippen LogP contribution in [0.3, 0.4) is 0 Å². The van der Waals surface area contributed by atoms with Crippen molar-refractivity contribution in [1.82, 2.24) is 30.2 Å². The molecule has 7 rings (SSSR count). The molecule has 0 spiro atoms. The Morgan fingerprint density at radius 1 is 0.983 bits per heavy atom. The van der Waals surface area contributed by atoms with Crippen molar-refractivity contribution >= 4 is 33.8 Å². The van der Waals surface area contributed by atoms with Crippen molar-refractivity contribution in [2.24, 2.45) is 17.8 Å². The summed E-state index contributed by atoms with van der Waals surface area (Å²) >= 11 is 0. The molecule has 320 valence electrons. The van der Waals surface area contributed by atoms with Gasteiger partial charge in [-0.05, 0) is 108 Å². The van der Waals surface area contributed by atoms with Crippen molar-refractivity contribution in [3.05, 3.63) is 73.1 Å². The average molecular weight is 843 g/mol.